The first kappa shape index (κ1) is 12.0. The summed E-state index contributed by atoms with van der Waals surface area (Å²) in [5, 5.41) is 2.62. The summed E-state index contributed by atoms with van der Waals surface area (Å²) in [6.07, 6.45) is 2.96. The molecule has 0 saturated heterocycles. The smallest absolute Gasteiger partial charge is 0.261 e. The highest BCUT2D eigenvalue weighted by molar-refractivity contribution is 6.03. The standard InChI is InChI=1S/C13H13N3O2/c1-8-3-4-10(6-14-8)16-13(18)11-7-15-9(2)5-12(11)17/h3-7H,1-2H3,(H,15,17)(H,16,18). The van der Waals surface area contributed by atoms with Crippen LogP contribution in [0.25, 0.3) is 0 Å². The van der Waals surface area contributed by atoms with Crippen molar-refractivity contribution in [2.45, 2.75) is 13.8 Å². The van der Waals surface area contributed by atoms with E-state index >= 15 is 0 Å². The second-order valence-electron chi connectivity index (χ2n) is 4.04. The molecule has 0 fully saturated rings. The largest absolute Gasteiger partial charge is 0.364 e. The molecule has 2 heterocycles. The van der Waals surface area contributed by atoms with Gasteiger partial charge >= 0.3 is 0 Å². The third-order valence-electron chi connectivity index (χ3n) is 2.47. The third kappa shape index (κ3) is 2.63. The van der Waals surface area contributed by atoms with Crippen molar-refractivity contribution < 1.29 is 4.79 Å². The lowest BCUT2D eigenvalue weighted by Gasteiger charge is -2.04. The lowest BCUT2D eigenvalue weighted by molar-refractivity contribution is 0.102. The van der Waals surface area contributed by atoms with Gasteiger partial charge in [-0.2, -0.15) is 0 Å². The molecule has 0 aliphatic rings. The molecule has 5 nitrogen and oxygen atoms in total. The molecular formula is C13H13N3O2. The number of nitrogens with zero attached hydrogens (tertiary/aromatic N) is 1. The molecule has 0 aliphatic carbocycles. The van der Waals surface area contributed by atoms with E-state index in [1.807, 2.05) is 6.92 Å². The summed E-state index contributed by atoms with van der Waals surface area (Å²) in [5.74, 6) is -0.443. The number of H-pyrrole nitrogens is 1. The maximum Gasteiger partial charge on any atom is 0.261 e. The summed E-state index contributed by atoms with van der Waals surface area (Å²) < 4.78 is 0. The summed E-state index contributed by atoms with van der Waals surface area (Å²) in [4.78, 5) is 30.4. The van der Waals surface area contributed by atoms with Crippen molar-refractivity contribution in [1.82, 2.24) is 9.97 Å². The Balaban J connectivity index is 2.22. The van der Waals surface area contributed by atoms with Crippen molar-refractivity contribution in [3.63, 3.8) is 0 Å². The predicted molar refractivity (Wildman–Crippen MR) is 68.7 cm³/mol. The molecular weight excluding hydrogens is 230 g/mol. The molecule has 0 aromatic carbocycles. The van der Waals surface area contributed by atoms with E-state index in [9.17, 15) is 9.59 Å². The van der Waals surface area contributed by atoms with Crippen molar-refractivity contribution in [3.8, 4) is 0 Å². The molecule has 2 N–H and O–H groups in total. The van der Waals surface area contributed by atoms with Crippen LogP contribution >= 0.6 is 0 Å². The van der Waals surface area contributed by atoms with E-state index in [1.165, 1.54) is 12.3 Å². The predicted octanol–water partition coefficient (Wildman–Crippen LogP) is 1.64. The first-order valence-electron chi connectivity index (χ1n) is 5.49. The molecule has 1 amide bonds. The second kappa shape index (κ2) is 4.83. The van der Waals surface area contributed by atoms with Gasteiger partial charge in [-0.3, -0.25) is 14.6 Å². The number of carbonyl (C=O) groups is 1. The van der Waals surface area contributed by atoms with Gasteiger partial charge in [-0.15, -0.1) is 0 Å². The summed E-state index contributed by atoms with van der Waals surface area (Å²) >= 11 is 0. The maximum atomic E-state index is 11.9. The van der Waals surface area contributed by atoms with E-state index < -0.39 is 5.91 Å². The molecule has 0 spiro atoms. The number of anilines is 1. The minimum absolute atomic E-state index is 0.0844. The molecule has 18 heavy (non-hydrogen) atoms. The fourth-order valence-corrected chi connectivity index (χ4v) is 1.49. The summed E-state index contributed by atoms with van der Waals surface area (Å²) in [6, 6.07) is 4.92. The molecule has 0 radical (unpaired) electrons. The molecule has 5 heteroatoms. The Kier molecular flexibility index (Phi) is 3.23. The van der Waals surface area contributed by atoms with Crippen LogP contribution in [0.2, 0.25) is 0 Å². The van der Waals surface area contributed by atoms with E-state index in [-0.39, 0.29) is 11.0 Å². The van der Waals surface area contributed by atoms with Gasteiger partial charge in [-0.1, -0.05) is 0 Å². The van der Waals surface area contributed by atoms with Crippen LogP contribution in [0.4, 0.5) is 5.69 Å². The quantitative estimate of drug-likeness (QED) is 0.842. The summed E-state index contributed by atoms with van der Waals surface area (Å²) in [5.41, 5.74) is 1.92. The Morgan fingerprint density at radius 3 is 2.72 bits per heavy atom. The van der Waals surface area contributed by atoms with E-state index in [0.29, 0.717) is 11.4 Å². The topological polar surface area (TPSA) is 74.8 Å². The van der Waals surface area contributed by atoms with Crippen LogP contribution in [0.1, 0.15) is 21.7 Å². The lowest BCUT2D eigenvalue weighted by Crippen LogP contribution is -2.21. The lowest BCUT2D eigenvalue weighted by atomic mass is 10.2. The number of carbonyl (C=O) groups excluding carboxylic acids is 1. The van der Waals surface area contributed by atoms with Crippen LogP contribution in [-0.2, 0) is 0 Å². The summed E-state index contributed by atoms with van der Waals surface area (Å²) in [6.45, 7) is 3.61. The van der Waals surface area contributed by atoms with Gasteiger partial charge in [0.05, 0.1) is 11.9 Å². The van der Waals surface area contributed by atoms with Crippen LogP contribution in [0.15, 0.2) is 35.4 Å². The molecule has 0 atom stereocenters. The van der Waals surface area contributed by atoms with Gasteiger partial charge in [0, 0.05) is 23.7 Å². The SMILES string of the molecule is Cc1ccc(NC(=O)c2c[nH]c(C)cc2=O)cn1. The molecule has 2 aromatic heterocycles. The monoisotopic (exact) mass is 243 g/mol. The van der Waals surface area contributed by atoms with Crippen LogP contribution in [0.5, 0.6) is 0 Å². The average Bonchev–Trinajstić information content (AvgIpc) is 2.32. The third-order valence-corrected chi connectivity index (χ3v) is 2.47. The highest BCUT2D eigenvalue weighted by Crippen LogP contribution is 2.06. The first-order chi connectivity index (χ1) is 8.56. The zero-order chi connectivity index (χ0) is 13.1. The van der Waals surface area contributed by atoms with E-state index in [1.54, 1.807) is 25.3 Å². The van der Waals surface area contributed by atoms with Crippen LogP contribution in [-0.4, -0.2) is 15.9 Å². The number of pyridine rings is 2. The van der Waals surface area contributed by atoms with E-state index in [0.717, 1.165) is 5.69 Å². The fourth-order valence-electron chi connectivity index (χ4n) is 1.49. The Morgan fingerprint density at radius 2 is 2.11 bits per heavy atom. The number of amides is 1. The molecule has 0 aliphatic heterocycles. The van der Waals surface area contributed by atoms with Crippen LogP contribution in [0, 0.1) is 13.8 Å². The molecule has 0 unspecified atom stereocenters. The van der Waals surface area contributed by atoms with E-state index in [2.05, 4.69) is 15.3 Å². The summed E-state index contributed by atoms with van der Waals surface area (Å²) in [7, 11) is 0. The van der Waals surface area contributed by atoms with Crippen molar-refractivity contribution in [3.05, 3.63) is 57.8 Å². The zero-order valence-corrected chi connectivity index (χ0v) is 10.2. The van der Waals surface area contributed by atoms with Crippen molar-refractivity contribution in [2.75, 3.05) is 5.32 Å². The number of hydrogen-bond acceptors (Lipinski definition) is 3. The van der Waals surface area contributed by atoms with E-state index in [4.69, 9.17) is 0 Å². The second-order valence-corrected chi connectivity index (χ2v) is 4.04. The highest BCUT2D eigenvalue weighted by atomic mass is 16.2. The van der Waals surface area contributed by atoms with Crippen LogP contribution < -0.4 is 10.7 Å². The Morgan fingerprint density at radius 1 is 1.33 bits per heavy atom. The Bertz CT molecular complexity index is 629. The van der Waals surface area contributed by atoms with Crippen molar-refractivity contribution in [2.24, 2.45) is 0 Å². The van der Waals surface area contributed by atoms with Gasteiger partial charge in [0.25, 0.3) is 5.91 Å². The molecule has 0 bridgehead atoms. The van der Waals surface area contributed by atoms with Gasteiger partial charge in [-0.25, -0.2) is 0 Å². The molecule has 2 rings (SSSR count). The first-order valence-corrected chi connectivity index (χ1v) is 5.49. The number of aromatic nitrogens is 2. The van der Waals surface area contributed by atoms with Gasteiger partial charge in [0.2, 0.25) is 0 Å². The van der Waals surface area contributed by atoms with Crippen LogP contribution in [0.3, 0.4) is 0 Å². The number of nitrogens with one attached hydrogen (secondary N) is 2. The normalized spacial score (nSPS) is 10.1. The number of rotatable bonds is 2. The number of hydrogen-bond donors (Lipinski definition) is 2. The minimum Gasteiger partial charge on any atom is -0.364 e. The maximum absolute atomic E-state index is 11.9. The van der Waals surface area contributed by atoms with Crippen molar-refractivity contribution in [1.29, 1.82) is 0 Å². The van der Waals surface area contributed by atoms with Gasteiger partial charge in [-0.05, 0) is 26.0 Å². The van der Waals surface area contributed by atoms with Gasteiger partial charge < -0.3 is 10.3 Å². The number of aromatic amines is 1. The minimum atomic E-state index is -0.443. The highest BCUT2D eigenvalue weighted by Gasteiger charge is 2.10. The van der Waals surface area contributed by atoms with Gasteiger partial charge in [0.15, 0.2) is 5.43 Å². The zero-order valence-electron chi connectivity index (χ0n) is 10.2. The molecule has 92 valence electrons. The van der Waals surface area contributed by atoms with Gasteiger partial charge in [0.1, 0.15) is 5.56 Å². The number of aryl methyl sites for hydroxylation is 2. The Hall–Kier alpha value is -2.43. The fraction of sp³-hybridized carbons (Fsp3) is 0.154. The average molecular weight is 243 g/mol. The Labute approximate surface area is 104 Å². The van der Waals surface area contributed by atoms with Crippen molar-refractivity contribution >= 4 is 11.6 Å². The molecule has 2 aromatic rings. The molecule has 0 saturated carbocycles.